The second kappa shape index (κ2) is 9.51. The summed E-state index contributed by atoms with van der Waals surface area (Å²) >= 11 is 0. The molecule has 0 aliphatic rings. The molecule has 2 aromatic rings. The first kappa shape index (κ1) is 23.7. The Labute approximate surface area is 169 Å². The van der Waals surface area contributed by atoms with Crippen molar-refractivity contribution in [3.63, 3.8) is 0 Å². The summed E-state index contributed by atoms with van der Waals surface area (Å²) in [6, 6.07) is 8.84. The van der Waals surface area contributed by atoms with Gasteiger partial charge < -0.3 is 10.5 Å². The van der Waals surface area contributed by atoms with Crippen LogP contribution in [-0.4, -0.2) is 30.8 Å². The zero-order valence-electron chi connectivity index (χ0n) is 16.1. The van der Waals surface area contributed by atoms with E-state index in [0.29, 0.717) is 0 Å². The van der Waals surface area contributed by atoms with Crippen LogP contribution in [0.4, 0.5) is 26.3 Å². The Hall–Kier alpha value is -2.55. The molecule has 2 aromatic carbocycles. The molecule has 0 spiro atoms. The van der Waals surface area contributed by atoms with E-state index in [1.165, 1.54) is 24.3 Å². The van der Waals surface area contributed by atoms with Gasteiger partial charge in [-0.05, 0) is 31.0 Å². The molecule has 1 unspecified atom stereocenters. The van der Waals surface area contributed by atoms with Crippen molar-refractivity contribution in [2.24, 2.45) is 5.73 Å². The van der Waals surface area contributed by atoms with E-state index in [0.717, 1.165) is 17.7 Å². The van der Waals surface area contributed by atoms with Gasteiger partial charge in [0, 0.05) is 12.0 Å². The molecule has 30 heavy (non-hydrogen) atoms. The molecule has 2 atom stereocenters. The van der Waals surface area contributed by atoms with E-state index in [1.54, 1.807) is 19.1 Å². The first-order chi connectivity index (χ1) is 13.9. The van der Waals surface area contributed by atoms with Crippen LogP contribution in [0.1, 0.15) is 40.2 Å². The molecule has 0 aromatic heterocycles. The molecule has 2 N–H and O–H groups in total. The maximum absolute atomic E-state index is 13.7. The molecule has 3 nitrogen and oxygen atoms in total. The highest BCUT2D eigenvalue weighted by Gasteiger charge is 2.47. The lowest BCUT2D eigenvalue weighted by atomic mass is 9.86. The molecule has 0 heterocycles. The van der Waals surface area contributed by atoms with Crippen molar-refractivity contribution in [3.05, 3.63) is 65.2 Å². The summed E-state index contributed by atoms with van der Waals surface area (Å²) in [7, 11) is 0. The van der Waals surface area contributed by atoms with E-state index in [9.17, 15) is 31.1 Å². The second-order valence-corrected chi connectivity index (χ2v) is 6.91. The second-order valence-electron chi connectivity index (χ2n) is 6.91. The molecule has 0 radical (unpaired) electrons. The van der Waals surface area contributed by atoms with E-state index in [4.69, 9.17) is 10.5 Å². The van der Waals surface area contributed by atoms with Gasteiger partial charge in [-0.1, -0.05) is 42.0 Å². The Morgan fingerprint density at radius 1 is 0.967 bits per heavy atom. The molecule has 0 fully saturated rings. The van der Waals surface area contributed by atoms with Gasteiger partial charge in [0.25, 0.3) is 0 Å². The van der Waals surface area contributed by atoms with Crippen LogP contribution in [0.2, 0.25) is 0 Å². The molecule has 0 bridgehead atoms. The molecule has 0 amide bonds. The van der Waals surface area contributed by atoms with Gasteiger partial charge in [0.05, 0.1) is 12.6 Å². The number of Topliss-reactive ketones (excluding diaryl/α,β-unsaturated/α-hetero) is 1. The maximum atomic E-state index is 13.7. The smallest absolute Gasteiger partial charge is 0.397 e. The first-order valence-corrected chi connectivity index (χ1v) is 9.11. The van der Waals surface area contributed by atoms with Gasteiger partial charge >= 0.3 is 12.4 Å². The number of benzene rings is 2. The van der Waals surface area contributed by atoms with Crippen LogP contribution >= 0.6 is 0 Å². The minimum absolute atomic E-state index is 0.0759. The Morgan fingerprint density at radius 2 is 1.53 bits per heavy atom. The maximum Gasteiger partial charge on any atom is 0.397 e. The number of aryl methyl sites for hydroxylation is 1. The number of rotatable bonds is 8. The summed E-state index contributed by atoms with van der Waals surface area (Å²) in [5.74, 6) is -2.96. The van der Waals surface area contributed by atoms with Crippen molar-refractivity contribution in [1.82, 2.24) is 0 Å². The van der Waals surface area contributed by atoms with Crippen LogP contribution in [0, 0.1) is 6.92 Å². The number of carbonyl (C=O) groups is 1. The molecule has 164 valence electrons. The lowest BCUT2D eigenvalue weighted by Gasteiger charge is -2.26. The molecule has 0 saturated heterocycles. The highest BCUT2D eigenvalue weighted by Crippen LogP contribution is 2.38. The third kappa shape index (κ3) is 6.76. The summed E-state index contributed by atoms with van der Waals surface area (Å²) in [6.07, 6.45) is -10.4. The van der Waals surface area contributed by atoms with E-state index >= 15 is 0 Å². The number of hydrogen-bond acceptors (Lipinski definition) is 3. The summed E-state index contributed by atoms with van der Waals surface area (Å²) in [5.41, 5.74) is 6.40. The van der Waals surface area contributed by atoms with E-state index < -0.39 is 36.5 Å². The third-order valence-corrected chi connectivity index (χ3v) is 4.46. The topological polar surface area (TPSA) is 52.3 Å². The van der Waals surface area contributed by atoms with Gasteiger partial charge in [-0.3, -0.25) is 4.79 Å². The van der Waals surface area contributed by atoms with Gasteiger partial charge in [0.15, 0.2) is 5.78 Å². The SMILES string of the molecule is Cc1ccc(C(=O)[C@H](N)C(c2ccc(OCCCC(F)(F)F)cc2)C(F)(F)F)cc1. The van der Waals surface area contributed by atoms with Crippen molar-refractivity contribution < 1.29 is 35.9 Å². The third-order valence-electron chi connectivity index (χ3n) is 4.46. The number of ether oxygens (including phenoxy) is 1. The predicted molar refractivity (Wildman–Crippen MR) is 99.5 cm³/mol. The van der Waals surface area contributed by atoms with Crippen LogP contribution in [0.3, 0.4) is 0 Å². The standard InChI is InChI=1S/C21H21F6NO2/c1-13-3-5-15(6-4-13)19(29)18(28)17(21(25,26)27)14-7-9-16(10-8-14)30-12-2-11-20(22,23)24/h3-10,17-18H,2,11-12,28H2,1H3/t17?,18-/m1/s1. The fraction of sp³-hybridized carbons (Fsp3) is 0.381. The lowest BCUT2D eigenvalue weighted by molar-refractivity contribution is -0.152. The number of ketones is 1. The minimum atomic E-state index is -4.78. The summed E-state index contributed by atoms with van der Waals surface area (Å²) in [5, 5.41) is 0. The highest BCUT2D eigenvalue weighted by atomic mass is 19.4. The fourth-order valence-corrected chi connectivity index (χ4v) is 2.90. The molecule has 2 rings (SSSR count). The van der Waals surface area contributed by atoms with Crippen LogP contribution < -0.4 is 10.5 Å². The number of carbonyl (C=O) groups excluding carboxylic acids is 1. The monoisotopic (exact) mass is 433 g/mol. The number of alkyl halides is 6. The molecule has 9 heteroatoms. The minimum Gasteiger partial charge on any atom is -0.494 e. The van der Waals surface area contributed by atoms with Crippen molar-refractivity contribution in [1.29, 1.82) is 0 Å². The van der Waals surface area contributed by atoms with Crippen molar-refractivity contribution >= 4 is 5.78 Å². The van der Waals surface area contributed by atoms with E-state index in [2.05, 4.69) is 0 Å². The summed E-state index contributed by atoms with van der Waals surface area (Å²) in [6.45, 7) is 1.55. The van der Waals surface area contributed by atoms with Crippen LogP contribution in [0.25, 0.3) is 0 Å². The van der Waals surface area contributed by atoms with Gasteiger partial charge in [0.2, 0.25) is 0 Å². The molecule has 0 aliphatic heterocycles. The van der Waals surface area contributed by atoms with Gasteiger partial charge in [-0.25, -0.2) is 0 Å². The average Bonchev–Trinajstić information content (AvgIpc) is 2.64. The summed E-state index contributed by atoms with van der Waals surface area (Å²) < 4.78 is 82.5. The van der Waals surface area contributed by atoms with Gasteiger partial charge in [0.1, 0.15) is 11.7 Å². The van der Waals surface area contributed by atoms with Crippen molar-refractivity contribution in [2.45, 2.75) is 44.1 Å². The fourth-order valence-electron chi connectivity index (χ4n) is 2.90. The van der Waals surface area contributed by atoms with Crippen LogP contribution in [-0.2, 0) is 0 Å². The highest BCUT2D eigenvalue weighted by molar-refractivity contribution is 6.00. The van der Waals surface area contributed by atoms with Gasteiger partial charge in [-0.15, -0.1) is 0 Å². The molecular weight excluding hydrogens is 412 g/mol. The van der Waals surface area contributed by atoms with Crippen LogP contribution in [0.15, 0.2) is 48.5 Å². The largest absolute Gasteiger partial charge is 0.494 e. The Morgan fingerprint density at radius 3 is 2.03 bits per heavy atom. The number of halogens is 6. The van der Waals surface area contributed by atoms with Crippen LogP contribution in [0.5, 0.6) is 5.75 Å². The number of hydrogen-bond donors (Lipinski definition) is 1. The number of nitrogens with two attached hydrogens (primary N) is 1. The Balaban J connectivity index is 2.13. The van der Waals surface area contributed by atoms with E-state index in [-0.39, 0.29) is 29.9 Å². The molecule has 0 saturated carbocycles. The summed E-state index contributed by atoms with van der Waals surface area (Å²) in [4.78, 5) is 12.5. The molecule has 0 aliphatic carbocycles. The first-order valence-electron chi connectivity index (χ1n) is 9.11. The van der Waals surface area contributed by atoms with Crippen molar-refractivity contribution in [3.8, 4) is 5.75 Å². The van der Waals surface area contributed by atoms with E-state index in [1.807, 2.05) is 0 Å². The van der Waals surface area contributed by atoms with Crippen molar-refractivity contribution in [2.75, 3.05) is 6.61 Å². The molecular formula is C21H21F6NO2. The normalized spacial score (nSPS) is 14.3. The Bertz CT molecular complexity index is 829. The zero-order valence-corrected chi connectivity index (χ0v) is 16.1. The Kier molecular flexibility index (Phi) is 7.52. The predicted octanol–water partition coefficient (Wildman–Crippen LogP) is 5.57. The zero-order chi connectivity index (χ0) is 22.5. The quantitative estimate of drug-likeness (QED) is 0.336. The average molecular weight is 433 g/mol. The van der Waals surface area contributed by atoms with Gasteiger partial charge in [-0.2, -0.15) is 26.3 Å². The lowest BCUT2D eigenvalue weighted by Crippen LogP contribution is -2.43.